The zero-order valence-electron chi connectivity index (χ0n) is 32.2. The number of fused-ring (bicyclic) bond motifs is 8. The topological polar surface area (TPSA) is 130 Å². The first-order valence-corrected chi connectivity index (χ1v) is 21.7. The monoisotopic (exact) mass is 728 g/mol. The summed E-state index contributed by atoms with van der Waals surface area (Å²) in [6, 6.07) is 11.4. The van der Waals surface area contributed by atoms with E-state index in [-0.39, 0.29) is 25.4 Å². The van der Waals surface area contributed by atoms with Gasteiger partial charge in [0.05, 0.1) is 36.4 Å². The van der Waals surface area contributed by atoms with Crippen molar-refractivity contribution in [2.24, 2.45) is 16.7 Å². The number of hydrogen-bond acceptors (Lipinski definition) is 10. The van der Waals surface area contributed by atoms with Crippen LogP contribution in [-0.2, 0) is 32.9 Å². The first-order chi connectivity index (χ1) is 23.9. The highest BCUT2D eigenvalue weighted by atomic mass is 28.4. The number of esters is 2. The predicted octanol–water partition coefficient (Wildman–Crippen LogP) is 6.48. The van der Waals surface area contributed by atoms with E-state index in [1.54, 1.807) is 24.3 Å². The van der Waals surface area contributed by atoms with Gasteiger partial charge in [-0.2, -0.15) is 0 Å². The van der Waals surface area contributed by atoms with Gasteiger partial charge in [-0.1, -0.05) is 66.7 Å². The summed E-state index contributed by atoms with van der Waals surface area (Å²) in [6.07, 6.45) is -3.70. The van der Waals surface area contributed by atoms with Crippen molar-refractivity contribution in [3.05, 3.63) is 47.0 Å². The van der Waals surface area contributed by atoms with Crippen LogP contribution in [0.1, 0.15) is 105 Å². The highest BCUT2D eigenvalue weighted by Gasteiger charge is 2.79. The van der Waals surface area contributed by atoms with E-state index in [0.29, 0.717) is 24.0 Å². The normalized spacial score (nSPS) is 39.4. The molecule has 284 valence electrons. The summed E-state index contributed by atoms with van der Waals surface area (Å²) >= 11 is 0. The zero-order chi connectivity index (χ0) is 37.4. The van der Waals surface area contributed by atoms with Gasteiger partial charge in [-0.25, -0.2) is 4.79 Å². The molecule has 10 nitrogen and oxygen atoms in total. The van der Waals surface area contributed by atoms with Gasteiger partial charge in [-0.05, 0) is 68.6 Å². The van der Waals surface area contributed by atoms with E-state index >= 15 is 0 Å². The number of benzene rings is 1. The molecule has 1 aromatic carbocycles. The third-order valence-electron chi connectivity index (χ3n) is 13.7. The van der Waals surface area contributed by atoms with Crippen LogP contribution in [0.2, 0.25) is 18.1 Å². The number of rotatable bonds is 10. The zero-order valence-corrected chi connectivity index (χ0v) is 33.2. The molecule has 10 atom stereocenters. The lowest BCUT2D eigenvalue weighted by atomic mass is 9.44. The fourth-order valence-corrected chi connectivity index (χ4v) is 13.4. The maximum absolute atomic E-state index is 14.3. The number of hydrogen-bond donors (Lipinski definition) is 2. The lowest BCUT2D eigenvalue weighted by molar-refractivity contribution is -0.361. The van der Waals surface area contributed by atoms with Crippen molar-refractivity contribution in [2.45, 2.75) is 167 Å². The first kappa shape index (κ1) is 38.6. The quantitative estimate of drug-likeness (QED) is 0.157. The van der Waals surface area contributed by atoms with Crippen molar-refractivity contribution in [2.75, 3.05) is 6.61 Å². The van der Waals surface area contributed by atoms with Crippen LogP contribution >= 0.6 is 0 Å². The SMILES string of the molecule is CCCC(=O)OC12COC1CC(O[Si](CC)(CC)CC)[C@@]1(C)C3OC(C)(C)OC3C3=C(C)C(O)CC(O)(C(OC(=O)c4ccccc4)C21)C3(C)C. The van der Waals surface area contributed by atoms with Crippen LogP contribution in [0.25, 0.3) is 0 Å². The van der Waals surface area contributed by atoms with Crippen molar-refractivity contribution in [1.82, 2.24) is 0 Å². The van der Waals surface area contributed by atoms with Crippen LogP contribution in [0, 0.1) is 16.7 Å². The van der Waals surface area contributed by atoms with E-state index < -0.39 is 84.6 Å². The maximum atomic E-state index is 14.3. The number of carbonyl (C=O) groups is 2. The van der Waals surface area contributed by atoms with Gasteiger partial charge in [0.25, 0.3) is 0 Å². The van der Waals surface area contributed by atoms with Gasteiger partial charge in [0.2, 0.25) is 0 Å². The van der Waals surface area contributed by atoms with Crippen LogP contribution in [0.15, 0.2) is 41.5 Å². The standard InChI is InChI=1S/C40H60O10Si/c1-11-18-29(42)47-39-23-45-28(39)21-27(50-51(12-2,13-3)14-4)38(10)32(39)34(46-35(43)25-19-16-15-17-20-25)40(44)22-26(41)24(5)30(36(40,6)7)31-33(38)49-37(8,9)48-31/h15-17,19-20,26-28,31-34,41,44H,11-14,18,21-23H2,1-10H3/t26?,27?,28?,31?,32?,33?,34?,38-,39?,40?/m1/s1. The molecule has 2 heterocycles. The molecule has 1 aromatic rings. The van der Waals surface area contributed by atoms with Gasteiger partial charge in [-0.15, -0.1) is 0 Å². The molecule has 0 spiro atoms. The molecule has 2 saturated carbocycles. The van der Waals surface area contributed by atoms with Crippen LogP contribution in [0.4, 0.5) is 0 Å². The second kappa shape index (κ2) is 13.3. The second-order valence-corrected chi connectivity index (χ2v) is 21.7. The molecule has 11 heteroatoms. The summed E-state index contributed by atoms with van der Waals surface area (Å²) in [5.41, 5.74) is -3.53. The molecule has 2 N–H and O–H groups in total. The fourth-order valence-electron chi connectivity index (χ4n) is 10.4. The Morgan fingerprint density at radius 1 is 0.980 bits per heavy atom. The van der Waals surface area contributed by atoms with Crippen LogP contribution in [0.3, 0.4) is 0 Å². The number of aliphatic hydroxyl groups is 2. The van der Waals surface area contributed by atoms with Gasteiger partial charge >= 0.3 is 11.9 Å². The molecule has 2 saturated heterocycles. The van der Waals surface area contributed by atoms with E-state index in [0.717, 1.165) is 23.7 Å². The average molecular weight is 729 g/mol. The lowest BCUT2D eigenvalue weighted by Crippen LogP contribution is -2.82. The van der Waals surface area contributed by atoms with Crippen molar-refractivity contribution in [1.29, 1.82) is 0 Å². The number of aliphatic hydroxyl groups excluding tert-OH is 1. The summed E-state index contributed by atoms with van der Waals surface area (Å²) in [5, 5.41) is 25.3. The minimum atomic E-state index is -2.32. The lowest BCUT2D eigenvalue weighted by Gasteiger charge is -2.69. The Morgan fingerprint density at radius 3 is 2.20 bits per heavy atom. The minimum Gasteiger partial charge on any atom is -0.455 e. The van der Waals surface area contributed by atoms with Crippen LogP contribution in [-0.4, -0.2) is 90.7 Å². The molecule has 51 heavy (non-hydrogen) atoms. The van der Waals surface area contributed by atoms with Gasteiger partial charge in [0, 0.05) is 30.1 Å². The smallest absolute Gasteiger partial charge is 0.338 e. The summed E-state index contributed by atoms with van der Waals surface area (Å²) < 4.78 is 41.1. The molecular formula is C40H60O10Si. The first-order valence-electron chi connectivity index (χ1n) is 19.1. The van der Waals surface area contributed by atoms with Gasteiger partial charge in [0.1, 0.15) is 23.9 Å². The molecule has 9 unspecified atom stereocenters. The number of carbonyl (C=O) groups excluding carboxylic acids is 2. The molecule has 3 aliphatic carbocycles. The third kappa shape index (κ3) is 5.79. The van der Waals surface area contributed by atoms with E-state index in [4.69, 9.17) is 28.1 Å². The largest absolute Gasteiger partial charge is 0.455 e. The van der Waals surface area contributed by atoms with Crippen molar-refractivity contribution in [3.8, 4) is 0 Å². The Labute approximate surface area is 304 Å². The molecule has 0 radical (unpaired) electrons. The van der Waals surface area contributed by atoms with Gasteiger partial charge in [0.15, 0.2) is 19.7 Å². The predicted molar refractivity (Wildman–Crippen MR) is 193 cm³/mol. The number of ether oxygens (including phenoxy) is 5. The van der Waals surface area contributed by atoms with E-state index in [1.807, 2.05) is 47.6 Å². The molecule has 4 fully saturated rings. The Bertz CT molecular complexity index is 1510. The summed E-state index contributed by atoms with van der Waals surface area (Å²) in [5.74, 6) is -2.93. The van der Waals surface area contributed by atoms with Crippen LogP contribution in [0.5, 0.6) is 0 Å². The molecule has 6 rings (SSSR count). The molecule has 0 aromatic heterocycles. The molecular weight excluding hydrogens is 669 g/mol. The second-order valence-electron chi connectivity index (χ2n) is 16.9. The van der Waals surface area contributed by atoms with Crippen LogP contribution < -0.4 is 0 Å². The highest BCUT2D eigenvalue weighted by molar-refractivity contribution is 6.73. The Kier molecular flexibility index (Phi) is 10.1. The molecule has 2 bridgehead atoms. The van der Waals surface area contributed by atoms with Gasteiger partial charge < -0.3 is 38.3 Å². The summed E-state index contributed by atoms with van der Waals surface area (Å²) in [7, 11) is -2.32. The van der Waals surface area contributed by atoms with Gasteiger partial charge in [-0.3, -0.25) is 4.79 Å². The average Bonchev–Trinajstić information content (AvgIpc) is 3.40. The fraction of sp³-hybridized carbons (Fsp3) is 0.750. The Hall–Kier alpha value is -2.12. The Balaban J connectivity index is 1.68. The molecule has 2 aliphatic heterocycles. The highest BCUT2D eigenvalue weighted by Crippen LogP contribution is 2.68. The third-order valence-corrected chi connectivity index (χ3v) is 18.3. The molecule has 0 amide bonds. The summed E-state index contributed by atoms with van der Waals surface area (Å²) in [6.45, 7) is 20.2. The van der Waals surface area contributed by atoms with Crippen molar-refractivity contribution in [3.63, 3.8) is 0 Å². The summed E-state index contributed by atoms with van der Waals surface area (Å²) in [4.78, 5) is 28.0. The Morgan fingerprint density at radius 2 is 1.63 bits per heavy atom. The van der Waals surface area contributed by atoms with Crippen molar-refractivity contribution >= 4 is 20.3 Å². The van der Waals surface area contributed by atoms with Crippen molar-refractivity contribution < 1.29 is 47.9 Å². The molecule has 5 aliphatic rings. The maximum Gasteiger partial charge on any atom is 0.338 e. The minimum absolute atomic E-state index is 0.0554. The van der Waals surface area contributed by atoms with E-state index in [9.17, 15) is 19.8 Å². The van der Waals surface area contributed by atoms with E-state index in [2.05, 4.69) is 27.7 Å². The van der Waals surface area contributed by atoms with E-state index in [1.165, 1.54) is 0 Å².